The number of aryl methyl sites for hydroxylation is 2. The van der Waals surface area contributed by atoms with Crippen LogP contribution in [0.2, 0.25) is 0 Å². The molecule has 21 heavy (non-hydrogen) atoms. The van der Waals surface area contributed by atoms with Crippen molar-refractivity contribution in [2.75, 3.05) is 6.54 Å². The molecule has 2 rings (SSSR count). The van der Waals surface area contributed by atoms with Gasteiger partial charge in [-0.25, -0.2) is 0 Å². The lowest BCUT2D eigenvalue weighted by Crippen LogP contribution is -2.23. The summed E-state index contributed by atoms with van der Waals surface area (Å²) in [5.41, 5.74) is 3.93. The summed E-state index contributed by atoms with van der Waals surface area (Å²) < 4.78 is 3.44. The second-order valence-electron chi connectivity index (χ2n) is 5.12. The van der Waals surface area contributed by atoms with Crippen LogP contribution in [0.1, 0.15) is 41.0 Å². The molecule has 114 valence electrons. The first-order chi connectivity index (χ1) is 9.93. The summed E-state index contributed by atoms with van der Waals surface area (Å²) in [4.78, 5) is 1.33. The highest BCUT2D eigenvalue weighted by Gasteiger charge is 2.20. The SMILES string of the molecule is CCCNC(c1cc(Br)c(Br)s1)c1cc(C)c(Br)cc1C. The van der Waals surface area contributed by atoms with Crippen LogP contribution in [-0.4, -0.2) is 6.54 Å². The third-order valence-corrected chi connectivity index (χ3v) is 7.58. The standard InChI is InChI=1S/C16H18Br3NS/c1-4-5-20-15(14-8-13(18)16(19)21-14)11-6-10(3)12(17)7-9(11)2/h6-8,15,20H,4-5H2,1-3H3. The van der Waals surface area contributed by atoms with Crippen molar-refractivity contribution in [3.05, 3.63) is 52.5 Å². The monoisotopic (exact) mass is 493 g/mol. The Bertz CT molecular complexity index is 617. The number of hydrogen-bond donors (Lipinski definition) is 1. The summed E-state index contributed by atoms with van der Waals surface area (Å²) in [7, 11) is 0. The maximum atomic E-state index is 3.68. The Morgan fingerprint density at radius 2 is 1.76 bits per heavy atom. The van der Waals surface area contributed by atoms with Crippen LogP contribution in [0.4, 0.5) is 0 Å². The lowest BCUT2D eigenvalue weighted by atomic mass is 9.97. The number of nitrogens with one attached hydrogen (secondary N) is 1. The van der Waals surface area contributed by atoms with E-state index in [9.17, 15) is 0 Å². The molecule has 1 aromatic heterocycles. The number of hydrogen-bond acceptors (Lipinski definition) is 2. The molecule has 1 unspecified atom stereocenters. The van der Waals surface area contributed by atoms with E-state index in [1.54, 1.807) is 11.3 Å². The van der Waals surface area contributed by atoms with Crippen LogP contribution in [0.3, 0.4) is 0 Å². The van der Waals surface area contributed by atoms with Crippen molar-refractivity contribution < 1.29 is 0 Å². The second kappa shape index (κ2) is 7.73. The highest BCUT2D eigenvalue weighted by atomic mass is 79.9. The Kier molecular flexibility index (Phi) is 6.51. The fourth-order valence-electron chi connectivity index (χ4n) is 2.27. The maximum absolute atomic E-state index is 3.68. The quantitative estimate of drug-likeness (QED) is 0.484. The number of halogens is 3. The van der Waals surface area contributed by atoms with Gasteiger partial charge in [-0.05, 0) is 87.5 Å². The molecule has 1 heterocycles. The summed E-state index contributed by atoms with van der Waals surface area (Å²) in [5, 5.41) is 3.68. The van der Waals surface area contributed by atoms with Gasteiger partial charge < -0.3 is 5.32 Å². The molecule has 0 saturated heterocycles. The van der Waals surface area contributed by atoms with Crippen LogP contribution in [-0.2, 0) is 0 Å². The predicted molar refractivity (Wildman–Crippen MR) is 103 cm³/mol. The molecule has 0 aliphatic rings. The zero-order chi connectivity index (χ0) is 15.6. The molecule has 2 aromatic rings. The van der Waals surface area contributed by atoms with Crippen LogP contribution in [0, 0.1) is 13.8 Å². The molecule has 0 saturated carbocycles. The minimum atomic E-state index is 0.240. The summed E-state index contributed by atoms with van der Waals surface area (Å²) in [6, 6.07) is 6.94. The van der Waals surface area contributed by atoms with Gasteiger partial charge in [0.25, 0.3) is 0 Å². The van der Waals surface area contributed by atoms with Gasteiger partial charge in [0.1, 0.15) is 0 Å². The van der Waals surface area contributed by atoms with Gasteiger partial charge in [0.2, 0.25) is 0 Å². The van der Waals surface area contributed by atoms with Crippen LogP contribution in [0.25, 0.3) is 0 Å². The van der Waals surface area contributed by atoms with Crippen molar-refractivity contribution in [2.24, 2.45) is 0 Å². The van der Waals surface area contributed by atoms with Crippen molar-refractivity contribution in [1.82, 2.24) is 5.32 Å². The van der Waals surface area contributed by atoms with Gasteiger partial charge in [-0.15, -0.1) is 11.3 Å². The van der Waals surface area contributed by atoms with E-state index in [1.165, 1.54) is 26.0 Å². The molecule has 1 N–H and O–H groups in total. The van der Waals surface area contributed by atoms with Crippen molar-refractivity contribution >= 4 is 59.1 Å². The largest absolute Gasteiger partial charge is 0.306 e. The minimum absolute atomic E-state index is 0.240. The van der Waals surface area contributed by atoms with E-state index >= 15 is 0 Å². The predicted octanol–water partition coefficient (Wildman–Crippen LogP) is 6.74. The lowest BCUT2D eigenvalue weighted by molar-refractivity contribution is 0.603. The molecule has 1 atom stereocenters. The Hall–Kier alpha value is 0.320. The van der Waals surface area contributed by atoms with Gasteiger partial charge in [-0.1, -0.05) is 28.9 Å². The molecule has 0 amide bonds. The van der Waals surface area contributed by atoms with E-state index in [0.717, 1.165) is 21.2 Å². The molecular formula is C16H18Br3NS. The van der Waals surface area contributed by atoms with Gasteiger partial charge in [0.05, 0.1) is 9.83 Å². The first-order valence-electron chi connectivity index (χ1n) is 6.88. The van der Waals surface area contributed by atoms with Crippen LogP contribution < -0.4 is 5.32 Å². The zero-order valence-corrected chi connectivity index (χ0v) is 17.8. The first kappa shape index (κ1) is 17.7. The van der Waals surface area contributed by atoms with E-state index < -0.39 is 0 Å². The molecule has 0 spiro atoms. The van der Waals surface area contributed by atoms with Gasteiger partial charge >= 0.3 is 0 Å². The molecule has 0 aliphatic heterocycles. The molecule has 0 fully saturated rings. The van der Waals surface area contributed by atoms with Crippen molar-refractivity contribution in [2.45, 2.75) is 33.2 Å². The van der Waals surface area contributed by atoms with E-state index in [2.05, 4.69) is 92.1 Å². The van der Waals surface area contributed by atoms with E-state index in [1.807, 2.05) is 0 Å². The molecule has 0 aliphatic carbocycles. The highest BCUT2D eigenvalue weighted by Crippen LogP contribution is 2.39. The molecule has 1 nitrogen and oxygen atoms in total. The number of benzene rings is 1. The smallest absolute Gasteiger partial charge is 0.0843 e. The topological polar surface area (TPSA) is 12.0 Å². The molecule has 0 bridgehead atoms. The molecule has 0 radical (unpaired) electrons. The Balaban J connectivity index is 2.47. The molecule has 5 heteroatoms. The van der Waals surface area contributed by atoms with E-state index in [0.29, 0.717) is 0 Å². The maximum Gasteiger partial charge on any atom is 0.0843 e. The minimum Gasteiger partial charge on any atom is -0.306 e. The van der Waals surface area contributed by atoms with Crippen LogP contribution in [0.5, 0.6) is 0 Å². The zero-order valence-electron chi connectivity index (χ0n) is 12.3. The fourth-order valence-corrected chi connectivity index (χ4v) is 4.91. The van der Waals surface area contributed by atoms with Crippen molar-refractivity contribution in [1.29, 1.82) is 0 Å². The van der Waals surface area contributed by atoms with E-state index in [4.69, 9.17) is 0 Å². The third-order valence-electron chi connectivity index (χ3n) is 3.41. The molecular weight excluding hydrogens is 478 g/mol. The average Bonchev–Trinajstić information content (AvgIpc) is 2.75. The number of thiophene rings is 1. The van der Waals surface area contributed by atoms with E-state index in [-0.39, 0.29) is 6.04 Å². The van der Waals surface area contributed by atoms with Gasteiger partial charge in [-0.2, -0.15) is 0 Å². The van der Waals surface area contributed by atoms with Crippen molar-refractivity contribution in [3.8, 4) is 0 Å². The van der Waals surface area contributed by atoms with Crippen molar-refractivity contribution in [3.63, 3.8) is 0 Å². The van der Waals surface area contributed by atoms with Gasteiger partial charge in [0, 0.05) is 13.8 Å². The van der Waals surface area contributed by atoms with Crippen LogP contribution in [0.15, 0.2) is 30.9 Å². The summed E-state index contributed by atoms with van der Waals surface area (Å²) in [5.74, 6) is 0. The summed E-state index contributed by atoms with van der Waals surface area (Å²) in [6.45, 7) is 7.53. The Labute approximate surface area is 155 Å². The molecule has 1 aromatic carbocycles. The van der Waals surface area contributed by atoms with Crippen LogP contribution >= 0.6 is 59.1 Å². The fraction of sp³-hybridized carbons (Fsp3) is 0.375. The first-order valence-corrected chi connectivity index (χ1v) is 10.1. The Morgan fingerprint density at radius 1 is 1.05 bits per heavy atom. The second-order valence-corrected chi connectivity index (χ2v) is 9.23. The summed E-state index contributed by atoms with van der Waals surface area (Å²) in [6.07, 6.45) is 1.12. The average molecular weight is 496 g/mol. The third kappa shape index (κ3) is 4.20. The summed E-state index contributed by atoms with van der Waals surface area (Å²) >= 11 is 12.6. The van der Waals surface area contributed by atoms with Gasteiger partial charge in [0.15, 0.2) is 0 Å². The lowest BCUT2D eigenvalue weighted by Gasteiger charge is -2.21. The normalized spacial score (nSPS) is 12.7. The highest BCUT2D eigenvalue weighted by molar-refractivity contribution is 9.13. The Morgan fingerprint density at radius 3 is 2.33 bits per heavy atom. The van der Waals surface area contributed by atoms with Gasteiger partial charge in [-0.3, -0.25) is 0 Å². The number of rotatable bonds is 5.